The van der Waals surface area contributed by atoms with E-state index in [0.717, 1.165) is 11.1 Å². The molecule has 2 aromatic rings. The lowest BCUT2D eigenvalue weighted by atomic mass is 9.74. The predicted octanol–water partition coefficient (Wildman–Crippen LogP) is 3.39. The maximum atomic E-state index is 13.6. The van der Waals surface area contributed by atoms with E-state index in [4.69, 9.17) is 4.42 Å². The fraction of sp³-hybridized carbons (Fsp3) is 0.423. The van der Waals surface area contributed by atoms with E-state index in [0.29, 0.717) is 44.5 Å². The summed E-state index contributed by atoms with van der Waals surface area (Å²) >= 11 is 0. The normalized spacial score (nSPS) is 21.0. The molecule has 1 N–H and O–H groups in total. The first-order chi connectivity index (χ1) is 16.0. The lowest BCUT2D eigenvalue weighted by molar-refractivity contribution is -0.133. The molecule has 0 unspecified atom stereocenters. The highest BCUT2D eigenvalue weighted by Gasteiger charge is 2.55. The van der Waals surface area contributed by atoms with E-state index in [9.17, 15) is 14.4 Å². The maximum Gasteiger partial charge on any atom is 0.325 e. The Balaban J connectivity index is 1.53. The quantitative estimate of drug-likeness (QED) is 0.544. The van der Waals surface area contributed by atoms with Gasteiger partial charge < -0.3 is 14.6 Å². The number of nitrogens with zero attached hydrogens (tertiary/aromatic N) is 2. The summed E-state index contributed by atoms with van der Waals surface area (Å²) < 4.78 is 5.37. The second kappa shape index (κ2) is 9.53. The van der Waals surface area contributed by atoms with Crippen molar-refractivity contribution >= 4 is 17.8 Å². The van der Waals surface area contributed by atoms with Crippen molar-refractivity contribution in [3.63, 3.8) is 0 Å². The number of imide groups is 1. The molecule has 33 heavy (non-hydrogen) atoms. The second-order valence-electron chi connectivity index (χ2n) is 8.70. The number of carbonyl (C=O) groups is 3. The molecule has 7 heteroatoms. The Labute approximate surface area is 194 Å². The van der Waals surface area contributed by atoms with Gasteiger partial charge in [0.1, 0.15) is 5.54 Å². The van der Waals surface area contributed by atoms with Crippen LogP contribution in [-0.4, -0.2) is 52.8 Å². The molecule has 1 aromatic carbocycles. The van der Waals surface area contributed by atoms with Gasteiger partial charge in [0.15, 0.2) is 5.76 Å². The van der Waals surface area contributed by atoms with Crippen LogP contribution in [0.25, 0.3) is 0 Å². The van der Waals surface area contributed by atoms with Crippen molar-refractivity contribution in [2.45, 2.75) is 45.1 Å². The number of rotatable bonds is 6. The lowest BCUT2D eigenvalue weighted by Crippen LogP contribution is -2.57. The summed E-state index contributed by atoms with van der Waals surface area (Å²) in [5.74, 6) is 5.55. The first-order valence-electron chi connectivity index (χ1n) is 11.4. The van der Waals surface area contributed by atoms with Crippen molar-refractivity contribution in [2.24, 2.45) is 5.92 Å². The fourth-order valence-corrected chi connectivity index (χ4v) is 4.89. The first kappa shape index (κ1) is 22.7. The molecule has 0 aliphatic carbocycles. The van der Waals surface area contributed by atoms with E-state index < -0.39 is 5.54 Å². The Morgan fingerprint density at radius 2 is 1.91 bits per heavy atom. The Kier molecular flexibility index (Phi) is 6.55. The number of likely N-dealkylation sites (tertiary alicyclic amines) is 1. The summed E-state index contributed by atoms with van der Waals surface area (Å²) in [4.78, 5) is 42.2. The summed E-state index contributed by atoms with van der Waals surface area (Å²) in [6, 6.07) is 11.4. The Bertz CT molecular complexity index is 1090. The minimum Gasteiger partial charge on any atom is -0.459 e. The molecule has 2 aliphatic heterocycles. The van der Waals surface area contributed by atoms with Crippen LogP contribution in [0, 0.1) is 24.7 Å². The topological polar surface area (TPSA) is 82.9 Å². The van der Waals surface area contributed by atoms with Crippen LogP contribution in [0.4, 0.5) is 4.79 Å². The predicted molar refractivity (Wildman–Crippen MR) is 123 cm³/mol. The van der Waals surface area contributed by atoms with Gasteiger partial charge >= 0.3 is 6.03 Å². The average molecular weight is 448 g/mol. The summed E-state index contributed by atoms with van der Waals surface area (Å²) in [7, 11) is 0. The number of piperidine rings is 1. The van der Waals surface area contributed by atoms with Gasteiger partial charge in [-0.2, -0.15) is 0 Å². The standard InChI is InChI=1S/C26H29N3O4/c1-3-4-15-29-24(31)26(27-25(29)32,14-10-20-8-6-5-7-9-20)21-11-16-28(17-12-21)23(30)22-19(2)13-18-33-22/h5-9,13,18,21H,10-12,14-17H2,1-2H3,(H,27,32)/t26-/m0/s1. The Morgan fingerprint density at radius 3 is 2.55 bits per heavy atom. The van der Waals surface area contributed by atoms with Crippen LogP contribution >= 0.6 is 0 Å². The molecule has 1 aromatic heterocycles. The second-order valence-corrected chi connectivity index (χ2v) is 8.70. The van der Waals surface area contributed by atoms with Crippen LogP contribution in [0.2, 0.25) is 0 Å². The van der Waals surface area contributed by atoms with Gasteiger partial charge in [0.05, 0.1) is 12.8 Å². The third kappa shape index (κ3) is 4.38. The van der Waals surface area contributed by atoms with E-state index in [1.54, 1.807) is 17.9 Å². The van der Waals surface area contributed by atoms with Gasteiger partial charge in [-0.3, -0.25) is 14.5 Å². The van der Waals surface area contributed by atoms with Crippen LogP contribution in [0.5, 0.6) is 0 Å². The van der Waals surface area contributed by atoms with E-state index in [-0.39, 0.29) is 30.3 Å². The van der Waals surface area contributed by atoms with Crippen molar-refractivity contribution in [1.29, 1.82) is 0 Å². The summed E-state index contributed by atoms with van der Waals surface area (Å²) in [5, 5.41) is 3.04. The highest BCUT2D eigenvalue weighted by atomic mass is 16.3. The molecule has 1 atom stereocenters. The van der Waals surface area contributed by atoms with E-state index >= 15 is 0 Å². The van der Waals surface area contributed by atoms with Gasteiger partial charge in [0.2, 0.25) is 0 Å². The smallest absolute Gasteiger partial charge is 0.325 e. The molecule has 7 nitrogen and oxygen atoms in total. The zero-order valence-corrected chi connectivity index (χ0v) is 19.1. The first-order valence-corrected chi connectivity index (χ1v) is 11.4. The average Bonchev–Trinajstić information content (AvgIpc) is 3.37. The molecule has 0 radical (unpaired) electrons. The number of hydrogen-bond donors (Lipinski definition) is 1. The molecule has 0 saturated carbocycles. The van der Waals surface area contributed by atoms with Crippen LogP contribution < -0.4 is 5.32 Å². The molecule has 4 rings (SSSR count). The van der Waals surface area contributed by atoms with Crippen LogP contribution in [-0.2, 0) is 11.2 Å². The van der Waals surface area contributed by atoms with Crippen molar-refractivity contribution in [1.82, 2.24) is 15.1 Å². The highest BCUT2D eigenvalue weighted by Crippen LogP contribution is 2.37. The van der Waals surface area contributed by atoms with Crippen molar-refractivity contribution in [3.05, 3.63) is 59.5 Å². The molecule has 3 heterocycles. The largest absolute Gasteiger partial charge is 0.459 e. The minimum absolute atomic E-state index is 0.0704. The molecule has 0 bridgehead atoms. The van der Waals surface area contributed by atoms with Gasteiger partial charge in [0, 0.05) is 18.7 Å². The van der Waals surface area contributed by atoms with Crippen molar-refractivity contribution < 1.29 is 18.8 Å². The third-order valence-corrected chi connectivity index (χ3v) is 6.80. The van der Waals surface area contributed by atoms with Gasteiger partial charge in [-0.05, 0) is 57.1 Å². The number of urea groups is 1. The Hall–Kier alpha value is -3.53. The SMILES string of the molecule is CC#CCN1C(=O)N[C@@](CCc2ccccc2)(C2CCN(C(=O)c3occc3C)CC2)C1=O. The van der Waals surface area contributed by atoms with Crippen LogP contribution in [0.3, 0.4) is 0 Å². The highest BCUT2D eigenvalue weighted by molar-refractivity contribution is 6.07. The molecule has 172 valence electrons. The van der Waals surface area contributed by atoms with Gasteiger partial charge in [-0.25, -0.2) is 4.79 Å². The summed E-state index contributed by atoms with van der Waals surface area (Å²) in [6.07, 6.45) is 3.95. The number of nitrogens with one attached hydrogen (secondary N) is 1. The lowest BCUT2D eigenvalue weighted by Gasteiger charge is -2.41. The van der Waals surface area contributed by atoms with Crippen molar-refractivity contribution in [3.8, 4) is 11.8 Å². The fourth-order valence-electron chi connectivity index (χ4n) is 4.89. The number of aryl methyl sites for hydroxylation is 2. The maximum absolute atomic E-state index is 13.6. The monoisotopic (exact) mass is 447 g/mol. The number of hydrogen-bond acceptors (Lipinski definition) is 4. The summed E-state index contributed by atoms with van der Waals surface area (Å²) in [5.41, 5.74) is 0.942. The third-order valence-electron chi connectivity index (χ3n) is 6.80. The van der Waals surface area contributed by atoms with Crippen molar-refractivity contribution in [2.75, 3.05) is 19.6 Å². The van der Waals surface area contributed by atoms with Gasteiger partial charge in [0.25, 0.3) is 11.8 Å². The molecule has 2 fully saturated rings. The zero-order valence-electron chi connectivity index (χ0n) is 19.1. The molecule has 4 amide bonds. The molecular weight excluding hydrogens is 418 g/mol. The Morgan fingerprint density at radius 1 is 1.18 bits per heavy atom. The molecule has 0 spiro atoms. The van der Waals surface area contributed by atoms with Crippen LogP contribution in [0.1, 0.15) is 47.9 Å². The zero-order chi connectivity index (χ0) is 23.4. The minimum atomic E-state index is -0.988. The molecule has 2 saturated heterocycles. The molecule has 2 aliphatic rings. The van der Waals surface area contributed by atoms with E-state index in [1.807, 2.05) is 37.3 Å². The number of furan rings is 1. The van der Waals surface area contributed by atoms with E-state index in [2.05, 4.69) is 17.2 Å². The van der Waals surface area contributed by atoms with Gasteiger partial charge in [-0.15, -0.1) is 5.92 Å². The van der Waals surface area contributed by atoms with E-state index in [1.165, 1.54) is 11.2 Å². The summed E-state index contributed by atoms with van der Waals surface area (Å²) in [6.45, 7) is 4.64. The number of benzene rings is 1. The number of amides is 4. The molecular formula is C26H29N3O4. The van der Waals surface area contributed by atoms with Crippen LogP contribution in [0.15, 0.2) is 47.1 Å². The number of carbonyl (C=O) groups excluding carboxylic acids is 3. The van der Waals surface area contributed by atoms with Gasteiger partial charge in [-0.1, -0.05) is 36.3 Å².